The molecule has 176 valence electrons. The predicted molar refractivity (Wildman–Crippen MR) is 127 cm³/mol. The van der Waals surface area contributed by atoms with Crippen LogP contribution in [-0.2, 0) is 12.2 Å². The molecule has 2 aromatic carbocycles. The molecule has 2 aromatic heterocycles. The summed E-state index contributed by atoms with van der Waals surface area (Å²) < 4.78 is 36.8. The van der Waals surface area contributed by atoms with Crippen LogP contribution in [0.3, 0.4) is 0 Å². The number of pyridine rings is 1. The maximum Gasteiger partial charge on any atom is 0.387 e. The quantitative estimate of drug-likeness (QED) is 0.314. The van der Waals surface area contributed by atoms with Crippen LogP contribution in [0.1, 0.15) is 21.6 Å². The molecule has 0 spiro atoms. The SMILES string of the molecule is COc1ccc(CCNC(=O)c2ccccc2SCc2cn3ccccc3n2)cc1OC(F)F. The second kappa shape index (κ2) is 11.0. The van der Waals surface area contributed by atoms with Gasteiger partial charge in [0.25, 0.3) is 5.91 Å². The van der Waals surface area contributed by atoms with E-state index in [2.05, 4.69) is 15.0 Å². The van der Waals surface area contributed by atoms with Crippen molar-refractivity contribution in [2.45, 2.75) is 23.7 Å². The zero-order valence-corrected chi connectivity index (χ0v) is 19.2. The first kappa shape index (κ1) is 23.6. The van der Waals surface area contributed by atoms with Crippen LogP contribution in [0, 0.1) is 0 Å². The molecule has 2 heterocycles. The monoisotopic (exact) mass is 483 g/mol. The van der Waals surface area contributed by atoms with E-state index in [4.69, 9.17) is 4.74 Å². The predicted octanol–water partition coefficient (Wildman–Crippen LogP) is 5.21. The summed E-state index contributed by atoms with van der Waals surface area (Å²) in [5, 5.41) is 2.90. The number of fused-ring (bicyclic) bond motifs is 1. The summed E-state index contributed by atoms with van der Waals surface area (Å²) in [6.45, 7) is -2.61. The molecular weight excluding hydrogens is 460 g/mol. The molecule has 0 bridgehead atoms. The number of benzene rings is 2. The minimum atomic E-state index is -2.95. The number of imidazole rings is 1. The number of aromatic nitrogens is 2. The van der Waals surface area contributed by atoms with Gasteiger partial charge in [0.05, 0.1) is 18.4 Å². The topological polar surface area (TPSA) is 64.9 Å². The largest absolute Gasteiger partial charge is 0.493 e. The summed E-state index contributed by atoms with van der Waals surface area (Å²) in [5.41, 5.74) is 3.12. The number of rotatable bonds is 10. The highest BCUT2D eigenvalue weighted by atomic mass is 32.2. The molecule has 4 rings (SSSR count). The number of nitrogens with zero attached hydrogens (tertiary/aromatic N) is 2. The van der Waals surface area contributed by atoms with E-state index in [0.717, 1.165) is 21.8 Å². The zero-order chi connectivity index (χ0) is 23.9. The summed E-state index contributed by atoms with van der Waals surface area (Å²) in [7, 11) is 1.39. The highest BCUT2D eigenvalue weighted by Crippen LogP contribution is 2.30. The number of alkyl halides is 2. The van der Waals surface area contributed by atoms with Crippen molar-refractivity contribution in [3.63, 3.8) is 0 Å². The molecule has 1 N–H and O–H groups in total. The molecular formula is C25H23F2N3O3S. The molecule has 0 aliphatic rings. The molecule has 0 aliphatic heterocycles. The van der Waals surface area contributed by atoms with Gasteiger partial charge < -0.3 is 19.2 Å². The Morgan fingerprint density at radius 3 is 2.74 bits per heavy atom. The van der Waals surface area contributed by atoms with Crippen molar-refractivity contribution in [2.75, 3.05) is 13.7 Å². The van der Waals surface area contributed by atoms with E-state index in [9.17, 15) is 13.6 Å². The number of hydrogen-bond donors (Lipinski definition) is 1. The van der Waals surface area contributed by atoms with Gasteiger partial charge in [0.2, 0.25) is 0 Å². The second-order valence-electron chi connectivity index (χ2n) is 7.35. The Bertz CT molecular complexity index is 1250. The highest BCUT2D eigenvalue weighted by Gasteiger charge is 2.14. The van der Waals surface area contributed by atoms with Crippen LogP contribution in [0.15, 0.2) is 78.0 Å². The number of ether oxygens (including phenoxy) is 2. The fourth-order valence-corrected chi connectivity index (χ4v) is 4.40. The average molecular weight is 484 g/mol. The minimum Gasteiger partial charge on any atom is -0.493 e. The van der Waals surface area contributed by atoms with E-state index in [1.807, 2.05) is 53.2 Å². The second-order valence-corrected chi connectivity index (χ2v) is 8.37. The molecule has 4 aromatic rings. The van der Waals surface area contributed by atoms with Crippen LogP contribution < -0.4 is 14.8 Å². The van der Waals surface area contributed by atoms with Crippen molar-refractivity contribution >= 4 is 23.3 Å². The van der Waals surface area contributed by atoms with E-state index in [1.54, 1.807) is 30.0 Å². The lowest BCUT2D eigenvalue weighted by molar-refractivity contribution is -0.0512. The van der Waals surface area contributed by atoms with E-state index in [0.29, 0.717) is 24.3 Å². The number of carbonyl (C=O) groups is 1. The molecule has 0 fully saturated rings. The van der Waals surface area contributed by atoms with Gasteiger partial charge in [-0.1, -0.05) is 24.3 Å². The Balaban J connectivity index is 1.36. The van der Waals surface area contributed by atoms with Gasteiger partial charge in [-0.25, -0.2) is 4.98 Å². The first-order chi connectivity index (χ1) is 16.5. The normalized spacial score (nSPS) is 11.1. The van der Waals surface area contributed by atoms with Crippen molar-refractivity contribution in [2.24, 2.45) is 0 Å². The van der Waals surface area contributed by atoms with Crippen LogP contribution in [0.2, 0.25) is 0 Å². The van der Waals surface area contributed by atoms with Crippen molar-refractivity contribution in [1.29, 1.82) is 0 Å². The van der Waals surface area contributed by atoms with Gasteiger partial charge >= 0.3 is 6.61 Å². The Kier molecular flexibility index (Phi) is 7.64. The number of amides is 1. The van der Waals surface area contributed by atoms with Gasteiger partial charge in [-0.2, -0.15) is 8.78 Å². The van der Waals surface area contributed by atoms with Gasteiger partial charge in [0.15, 0.2) is 11.5 Å². The maximum absolute atomic E-state index is 12.8. The molecule has 9 heteroatoms. The standard InChI is InChI=1S/C25H23F2N3O3S/c1-32-20-10-9-17(14-21(20)33-25(26)27)11-12-28-24(31)19-6-2-3-7-22(19)34-16-18-15-30-13-5-4-8-23(30)29-18/h2-10,13-15,25H,11-12,16H2,1H3,(H,28,31). The van der Waals surface area contributed by atoms with Crippen molar-refractivity contribution in [1.82, 2.24) is 14.7 Å². The molecule has 0 unspecified atom stereocenters. The zero-order valence-electron chi connectivity index (χ0n) is 18.4. The average Bonchev–Trinajstić information content (AvgIpc) is 3.26. The molecule has 6 nitrogen and oxygen atoms in total. The molecule has 0 saturated carbocycles. The molecule has 0 saturated heterocycles. The minimum absolute atomic E-state index is 0.0324. The van der Waals surface area contributed by atoms with E-state index < -0.39 is 6.61 Å². The number of nitrogens with one attached hydrogen (secondary N) is 1. The van der Waals surface area contributed by atoms with Crippen molar-refractivity contribution < 1.29 is 23.0 Å². The molecule has 0 atom stereocenters. The van der Waals surface area contributed by atoms with Crippen LogP contribution in [0.25, 0.3) is 5.65 Å². The summed E-state index contributed by atoms with van der Waals surface area (Å²) in [6.07, 6.45) is 4.38. The Morgan fingerprint density at radius 2 is 1.94 bits per heavy atom. The number of halogens is 2. The summed E-state index contributed by atoms with van der Waals surface area (Å²) in [4.78, 5) is 18.3. The first-order valence-electron chi connectivity index (χ1n) is 10.6. The van der Waals surface area contributed by atoms with E-state index >= 15 is 0 Å². The first-order valence-corrected chi connectivity index (χ1v) is 11.6. The molecule has 0 radical (unpaired) electrons. The summed E-state index contributed by atoms with van der Waals surface area (Å²) in [5.74, 6) is 0.625. The lowest BCUT2D eigenvalue weighted by Crippen LogP contribution is -2.26. The highest BCUT2D eigenvalue weighted by molar-refractivity contribution is 7.98. The number of carbonyl (C=O) groups excluding carboxylic acids is 1. The lowest BCUT2D eigenvalue weighted by Gasteiger charge is -2.12. The van der Waals surface area contributed by atoms with Gasteiger partial charge in [-0.05, 0) is 48.4 Å². The number of thioether (sulfide) groups is 1. The Labute approximate surface area is 199 Å². The van der Waals surface area contributed by atoms with Gasteiger partial charge in [-0.3, -0.25) is 4.79 Å². The third-order valence-corrected chi connectivity index (χ3v) is 6.17. The van der Waals surface area contributed by atoms with Crippen molar-refractivity contribution in [3.05, 3.63) is 89.9 Å². The van der Waals surface area contributed by atoms with Gasteiger partial charge in [0, 0.05) is 29.6 Å². The van der Waals surface area contributed by atoms with Gasteiger partial charge in [0.1, 0.15) is 5.65 Å². The van der Waals surface area contributed by atoms with Crippen LogP contribution in [0.4, 0.5) is 8.78 Å². The fraction of sp³-hybridized carbons (Fsp3) is 0.200. The Morgan fingerprint density at radius 1 is 1.12 bits per heavy atom. The number of hydrogen-bond acceptors (Lipinski definition) is 5. The fourth-order valence-electron chi connectivity index (χ4n) is 3.47. The van der Waals surface area contributed by atoms with Crippen LogP contribution in [-0.4, -0.2) is 35.6 Å². The van der Waals surface area contributed by atoms with Crippen molar-refractivity contribution in [3.8, 4) is 11.5 Å². The van der Waals surface area contributed by atoms with E-state index in [1.165, 1.54) is 13.2 Å². The molecule has 0 aliphatic carbocycles. The Hall–Kier alpha value is -3.59. The van der Waals surface area contributed by atoms with Crippen LogP contribution >= 0.6 is 11.8 Å². The summed E-state index contributed by atoms with van der Waals surface area (Å²) in [6, 6.07) is 18.1. The summed E-state index contributed by atoms with van der Waals surface area (Å²) >= 11 is 1.55. The third kappa shape index (κ3) is 5.85. The maximum atomic E-state index is 12.8. The molecule has 34 heavy (non-hydrogen) atoms. The van der Waals surface area contributed by atoms with Crippen LogP contribution in [0.5, 0.6) is 11.5 Å². The van der Waals surface area contributed by atoms with Gasteiger partial charge in [-0.15, -0.1) is 11.8 Å². The van der Waals surface area contributed by atoms with E-state index in [-0.39, 0.29) is 17.4 Å². The number of methoxy groups -OCH3 is 1. The lowest BCUT2D eigenvalue weighted by atomic mass is 10.1. The smallest absolute Gasteiger partial charge is 0.387 e. The molecule has 1 amide bonds. The third-order valence-electron chi connectivity index (χ3n) is 5.06.